The van der Waals surface area contributed by atoms with Crippen LogP contribution in [0.4, 0.5) is 0 Å². The molecule has 0 aliphatic heterocycles. The van der Waals surface area contributed by atoms with Crippen molar-refractivity contribution in [1.82, 2.24) is 5.32 Å². The lowest BCUT2D eigenvalue weighted by Gasteiger charge is -2.25. The van der Waals surface area contributed by atoms with Gasteiger partial charge in [-0.05, 0) is 55.3 Å². The van der Waals surface area contributed by atoms with E-state index < -0.39 is 0 Å². The number of ether oxygens (including phenoxy) is 1. The molecule has 0 aromatic heterocycles. The van der Waals surface area contributed by atoms with Crippen molar-refractivity contribution in [3.05, 3.63) is 26.6 Å². The number of rotatable bonds is 6. The van der Waals surface area contributed by atoms with Gasteiger partial charge in [0.25, 0.3) is 0 Å². The Kier molecular flexibility index (Phi) is 6.15. The maximum atomic E-state index is 5.71. The zero-order valence-corrected chi connectivity index (χ0v) is 14.6. The average molecular weight is 379 g/mol. The van der Waals surface area contributed by atoms with Crippen molar-refractivity contribution < 1.29 is 4.74 Å². The van der Waals surface area contributed by atoms with Crippen molar-refractivity contribution in [1.29, 1.82) is 0 Å². The van der Waals surface area contributed by atoms with Gasteiger partial charge in [-0.25, -0.2) is 0 Å². The van der Waals surface area contributed by atoms with E-state index in [9.17, 15) is 0 Å². The van der Waals surface area contributed by atoms with Crippen LogP contribution >= 0.6 is 31.9 Å². The minimum atomic E-state index is 0.137. The molecule has 0 aliphatic carbocycles. The fraction of sp³-hybridized carbons (Fsp3) is 0.571. The highest BCUT2D eigenvalue weighted by Crippen LogP contribution is 2.33. The third-order valence-electron chi connectivity index (χ3n) is 3.02. The second kappa shape index (κ2) is 6.92. The summed E-state index contributed by atoms with van der Waals surface area (Å²) in [7, 11) is 0. The maximum Gasteiger partial charge on any atom is 0.138 e. The van der Waals surface area contributed by atoms with Crippen molar-refractivity contribution in [2.45, 2.75) is 46.2 Å². The minimum absolute atomic E-state index is 0.137. The summed E-state index contributed by atoms with van der Waals surface area (Å²) in [5.74, 6) is 0.931. The molecule has 0 fully saturated rings. The molecule has 0 saturated carbocycles. The van der Waals surface area contributed by atoms with Gasteiger partial charge in [-0.1, -0.05) is 22.9 Å². The fourth-order valence-electron chi connectivity index (χ4n) is 1.51. The zero-order chi connectivity index (χ0) is 13.8. The van der Waals surface area contributed by atoms with Crippen LogP contribution in [0.1, 0.15) is 39.7 Å². The lowest BCUT2D eigenvalue weighted by Crippen LogP contribution is -2.37. The Bertz CT molecular complexity index is 405. The van der Waals surface area contributed by atoms with Gasteiger partial charge in [0.05, 0.1) is 11.1 Å². The molecule has 1 aromatic carbocycles. The Hall–Kier alpha value is -0.0600. The molecule has 1 rings (SSSR count). The van der Waals surface area contributed by atoms with E-state index in [4.69, 9.17) is 4.74 Å². The third-order valence-corrected chi connectivity index (χ3v) is 4.06. The molecule has 0 amide bonds. The van der Waals surface area contributed by atoms with Gasteiger partial charge in [-0.15, -0.1) is 0 Å². The molecule has 0 radical (unpaired) electrons. The monoisotopic (exact) mass is 377 g/mol. The molecule has 0 bridgehead atoms. The van der Waals surface area contributed by atoms with Crippen molar-refractivity contribution in [2.24, 2.45) is 0 Å². The molecule has 1 aromatic rings. The molecular formula is C14H21Br2NO. The maximum absolute atomic E-state index is 5.71. The summed E-state index contributed by atoms with van der Waals surface area (Å²) in [6.45, 7) is 10.1. The number of hydrogen-bond acceptors (Lipinski definition) is 2. The normalized spacial score (nSPS) is 11.7. The van der Waals surface area contributed by atoms with Crippen LogP contribution in [0.15, 0.2) is 21.1 Å². The topological polar surface area (TPSA) is 21.3 Å². The van der Waals surface area contributed by atoms with E-state index in [1.54, 1.807) is 0 Å². The molecule has 18 heavy (non-hydrogen) atoms. The summed E-state index contributed by atoms with van der Waals surface area (Å²) < 4.78 is 7.76. The van der Waals surface area contributed by atoms with Crippen molar-refractivity contribution in [3.63, 3.8) is 0 Å². The Morgan fingerprint density at radius 1 is 1.22 bits per heavy atom. The molecule has 102 valence electrons. The van der Waals surface area contributed by atoms with Gasteiger partial charge in [0.2, 0.25) is 0 Å². The lowest BCUT2D eigenvalue weighted by atomic mass is 10.0. The highest BCUT2D eigenvalue weighted by atomic mass is 79.9. The van der Waals surface area contributed by atoms with Crippen LogP contribution in [0.5, 0.6) is 5.75 Å². The second-order valence-corrected chi connectivity index (χ2v) is 6.67. The van der Waals surface area contributed by atoms with Crippen LogP contribution < -0.4 is 10.1 Å². The first-order valence-corrected chi connectivity index (χ1v) is 7.84. The lowest BCUT2D eigenvalue weighted by molar-refractivity contribution is 0.326. The van der Waals surface area contributed by atoms with Gasteiger partial charge in [0, 0.05) is 22.1 Å². The number of nitrogens with one attached hydrogen (secondary N) is 1. The van der Waals surface area contributed by atoms with E-state index >= 15 is 0 Å². The SMILES string of the molecule is CCOc1c(Br)cc(Br)cc1CNC(C)(C)CC. The molecule has 2 nitrogen and oxygen atoms in total. The summed E-state index contributed by atoms with van der Waals surface area (Å²) in [6, 6.07) is 4.12. The van der Waals surface area contributed by atoms with Crippen LogP contribution in [0.3, 0.4) is 0 Å². The van der Waals surface area contributed by atoms with Crippen molar-refractivity contribution in [2.75, 3.05) is 6.61 Å². The average Bonchev–Trinajstić information content (AvgIpc) is 2.30. The summed E-state index contributed by atoms with van der Waals surface area (Å²) in [5.41, 5.74) is 1.30. The number of hydrogen-bond donors (Lipinski definition) is 1. The highest BCUT2D eigenvalue weighted by molar-refractivity contribution is 9.11. The van der Waals surface area contributed by atoms with Crippen LogP contribution in [0.2, 0.25) is 0 Å². The van der Waals surface area contributed by atoms with Crippen LogP contribution in [0.25, 0.3) is 0 Å². The minimum Gasteiger partial charge on any atom is -0.492 e. The molecule has 0 spiro atoms. The quantitative estimate of drug-likeness (QED) is 0.760. The van der Waals surface area contributed by atoms with Gasteiger partial charge in [-0.3, -0.25) is 0 Å². The van der Waals surface area contributed by atoms with Gasteiger partial charge >= 0.3 is 0 Å². The summed E-state index contributed by atoms with van der Waals surface area (Å²) in [6.07, 6.45) is 1.09. The highest BCUT2D eigenvalue weighted by Gasteiger charge is 2.16. The van der Waals surface area contributed by atoms with Crippen LogP contribution in [-0.2, 0) is 6.54 Å². The first-order valence-electron chi connectivity index (χ1n) is 6.25. The smallest absolute Gasteiger partial charge is 0.138 e. The first kappa shape index (κ1) is 16.0. The van der Waals surface area contributed by atoms with Crippen molar-refractivity contribution >= 4 is 31.9 Å². The molecule has 0 saturated heterocycles. The van der Waals surface area contributed by atoms with Gasteiger partial charge < -0.3 is 10.1 Å². The van der Waals surface area contributed by atoms with Gasteiger partial charge in [0.15, 0.2) is 0 Å². The van der Waals surface area contributed by atoms with Crippen LogP contribution in [0, 0.1) is 0 Å². The summed E-state index contributed by atoms with van der Waals surface area (Å²) >= 11 is 7.08. The molecule has 0 aliphatic rings. The fourth-order valence-corrected chi connectivity index (χ4v) is 2.94. The van der Waals surface area contributed by atoms with Gasteiger partial charge in [-0.2, -0.15) is 0 Å². The van der Waals surface area contributed by atoms with Gasteiger partial charge in [0.1, 0.15) is 5.75 Å². The number of benzene rings is 1. The van der Waals surface area contributed by atoms with E-state index in [-0.39, 0.29) is 5.54 Å². The Morgan fingerprint density at radius 2 is 1.89 bits per heavy atom. The Morgan fingerprint density at radius 3 is 2.44 bits per heavy atom. The molecule has 0 unspecified atom stereocenters. The Balaban J connectivity index is 2.92. The summed E-state index contributed by atoms with van der Waals surface area (Å²) in [5, 5.41) is 3.56. The molecule has 4 heteroatoms. The third kappa shape index (κ3) is 4.56. The molecule has 0 heterocycles. The molecule has 0 atom stereocenters. The van der Waals surface area contributed by atoms with E-state index in [1.165, 1.54) is 5.56 Å². The molecule has 1 N–H and O–H groups in total. The molecular weight excluding hydrogens is 358 g/mol. The van der Waals surface area contributed by atoms with Crippen LogP contribution in [-0.4, -0.2) is 12.1 Å². The van der Waals surface area contributed by atoms with E-state index in [2.05, 4.69) is 64.0 Å². The van der Waals surface area contributed by atoms with E-state index in [0.29, 0.717) is 6.61 Å². The van der Waals surface area contributed by atoms with Crippen molar-refractivity contribution in [3.8, 4) is 5.75 Å². The van der Waals surface area contributed by atoms with E-state index in [0.717, 1.165) is 27.7 Å². The predicted octanol–water partition coefficient (Wildman–Crippen LogP) is 4.89. The standard InChI is InChI=1S/C14H21Br2NO/c1-5-14(3,4)17-9-10-7-11(15)8-12(16)13(10)18-6-2/h7-8,17H,5-6,9H2,1-4H3. The largest absolute Gasteiger partial charge is 0.492 e. The Labute approximate surface area is 127 Å². The zero-order valence-electron chi connectivity index (χ0n) is 11.4. The number of halogens is 2. The predicted molar refractivity (Wildman–Crippen MR) is 84.2 cm³/mol. The van der Waals surface area contributed by atoms with E-state index in [1.807, 2.05) is 13.0 Å². The second-order valence-electron chi connectivity index (χ2n) is 4.90. The summed E-state index contributed by atoms with van der Waals surface area (Å²) in [4.78, 5) is 0. The first-order chi connectivity index (χ1) is 8.39.